The highest BCUT2D eigenvalue weighted by molar-refractivity contribution is 8.01. The number of carbonyl (C=O) groups is 3. The molecule has 1 saturated heterocycles. The lowest BCUT2D eigenvalue weighted by Gasteiger charge is -2.33. The zero-order valence-electron chi connectivity index (χ0n) is 15.8. The fourth-order valence-electron chi connectivity index (χ4n) is 2.68. The minimum absolute atomic E-state index is 0.0488. The molecule has 1 aromatic heterocycles. The summed E-state index contributed by atoms with van der Waals surface area (Å²) in [5.41, 5.74) is 0. The van der Waals surface area contributed by atoms with Crippen LogP contribution in [0.4, 0.5) is 10.6 Å². The molecule has 10 heteroatoms. The molecule has 3 amide bonds. The van der Waals surface area contributed by atoms with Crippen molar-refractivity contribution in [1.29, 1.82) is 0 Å². The summed E-state index contributed by atoms with van der Waals surface area (Å²) in [4.78, 5) is 37.8. The Morgan fingerprint density at radius 1 is 1.48 bits per heavy atom. The molecule has 1 aliphatic rings. The van der Waals surface area contributed by atoms with Crippen molar-refractivity contribution in [2.75, 3.05) is 30.8 Å². The van der Waals surface area contributed by atoms with Gasteiger partial charge in [0.2, 0.25) is 11.8 Å². The molecule has 2 N–H and O–H groups in total. The summed E-state index contributed by atoms with van der Waals surface area (Å²) in [5, 5.41) is 8.73. The summed E-state index contributed by atoms with van der Waals surface area (Å²) in [6, 6.07) is 1.52. The number of anilines is 1. The minimum atomic E-state index is -0.459. The number of thioether (sulfide) groups is 1. The molecule has 1 fully saturated rings. The highest BCUT2D eigenvalue weighted by Crippen LogP contribution is 2.17. The number of carbonyl (C=O) groups excluding carboxylic acids is 3. The van der Waals surface area contributed by atoms with Crippen molar-refractivity contribution in [2.45, 2.75) is 44.9 Å². The predicted octanol–water partition coefficient (Wildman–Crippen LogP) is 1.78. The number of hydrogen-bond acceptors (Lipinski definition) is 7. The molecule has 1 aliphatic heterocycles. The molecular formula is C17H26N4O5S. The van der Waals surface area contributed by atoms with E-state index in [9.17, 15) is 14.4 Å². The number of piperidine rings is 1. The lowest BCUT2D eigenvalue weighted by molar-refractivity contribution is -0.129. The van der Waals surface area contributed by atoms with E-state index in [1.807, 2.05) is 0 Å². The first kappa shape index (κ1) is 21.1. The van der Waals surface area contributed by atoms with E-state index in [0.29, 0.717) is 31.3 Å². The Kier molecular flexibility index (Phi) is 7.96. The van der Waals surface area contributed by atoms with Crippen molar-refractivity contribution in [2.24, 2.45) is 0 Å². The Bertz CT molecular complexity index is 666. The van der Waals surface area contributed by atoms with E-state index in [0.717, 1.165) is 12.8 Å². The molecule has 0 aliphatic carbocycles. The van der Waals surface area contributed by atoms with Crippen LogP contribution in [0.15, 0.2) is 10.6 Å². The van der Waals surface area contributed by atoms with E-state index < -0.39 is 11.3 Å². The third-order valence-electron chi connectivity index (χ3n) is 4.08. The fourth-order valence-corrected chi connectivity index (χ4v) is 3.46. The van der Waals surface area contributed by atoms with Gasteiger partial charge in [-0.3, -0.25) is 9.59 Å². The lowest BCUT2D eigenvalue weighted by Crippen LogP contribution is -2.50. The molecule has 0 radical (unpaired) electrons. The summed E-state index contributed by atoms with van der Waals surface area (Å²) in [5.74, 6) is 0.879. The van der Waals surface area contributed by atoms with Crippen molar-refractivity contribution in [3.05, 3.63) is 11.8 Å². The van der Waals surface area contributed by atoms with E-state index in [2.05, 4.69) is 15.8 Å². The predicted molar refractivity (Wildman–Crippen MR) is 102 cm³/mol. The van der Waals surface area contributed by atoms with Crippen LogP contribution >= 0.6 is 11.8 Å². The van der Waals surface area contributed by atoms with Crippen LogP contribution in [0.1, 0.15) is 32.4 Å². The number of ether oxygens (including phenoxy) is 1. The van der Waals surface area contributed by atoms with Crippen LogP contribution in [0.25, 0.3) is 0 Å². The number of nitrogens with one attached hydrogen (secondary N) is 2. The quantitative estimate of drug-likeness (QED) is 0.719. The molecule has 2 heterocycles. The van der Waals surface area contributed by atoms with Crippen LogP contribution < -0.4 is 10.6 Å². The van der Waals surface area contributed by atoms with Crippen LogP contribution in [0.5, 0.6) is 0 Å². The zero-order valence-corrected chi connectivity index (χ0v) is 16.6. The summed E-state index contributed by atoms with van der Waals surface area (Å²) in [6.45, 7) is 6.64. The first-order valence-electron chi connectivity index (χ1n) is 8.96. The Balaban J connectivity index is 1.75. The van der Waals surface area contributed by atoms with E-state index in [4.69, 9.17) is 9.26 Å². The number of hydrogen-bond donors (Lipinski definition) is 2. The SMILES string of the molecule is CCOC(=O)N[C@@H]1CCCN(C(=O)CS[C@H](C)C(=O)Nc2cc(C)on2)C1. The van der Waals surface area contributed by atoms with Gasteiger partial charge in [-0.15, -0.1) is 11.8 Å². The van der Waals surface area contributed by atoms with Crippen molar-refractivity contribution < 1.29 is 23.6 Å². The van der Waals surface area contributed by atoms with Crippen molar-refractivity contribution in [1.82, 2.24) is 15.4 Å². The highest BCUT2D eigenvalue weighted by atomic mass is 32.2. The van der Waals surface area contributed by atoms with Crippen LogP contribution in [0.3, 0.4) is 0 Å². The maximum absolute atomic E-state index is 12.4. The van der Waals surface area contributed by atoms with E-state index in [-0.39, 0.29) is 23.6 Å². The maximum Gasteiger partial charge on any atom is 0.407 e. The average Bonchev–Trinajstić information content (AvgIpc) is 3.04. The monoisotopic (exact) mass is 398 g/mol. The van der Waals surface area contributed by atoms with Gasteiger partial charge < -0.3 is 24.8 Å². The number of amides is 3. The number of aryl methyl sites for hydroxylation is 1. The highest BCUT2D eigenvalue weighted by Gasteiger charge is 2.26. The van der Waals surface area contributed by atoms with Gasteiger partial charge >= 0.3 is 6.09 Å². The second-order valence-corrected chi connectivity index (χ2v) is 7.64. The molecule has 150 valence electrons. The molecule has 2 atom stereocenters. The molecule has 0 bridgehead atoms. The molecule has 0 spiro atoms. The largest absolute Gasteiger partial charge is 0.450 e. The third-order valence-corrected chi connectivity index (χ3v) is 5.20. The van der Waals surface area contributed by atoms with Crippen molar-refractivity contribution >= 4 is 35.5 Å². The third kappa shape index (κ3) is 6.78. The second kappa shape index (κ2) is 10.2. The van der Waals surface area contributed by atoms with Crippen LogP contribution in [-0.2, 0) is 14.3 Å². The second-order valence-electron chi connectivity index (χ2n) is 6.31. The van der Waals surface area contributed by atoms with Gasteiger partial charge in [0.1, 0.15) is 5.76 Å². The molecule has 1 aromatic rings. The number of likely N-dealkylation sites (tertiary alicyclic amines) is 1. The molecule has 0 aromatic carbocycles. The van der Waals surface area contributed by atoms with Gasteiger partial charge in [-0.25, -0.2) is 4.79 Å². The average molecular weight is 398 g/mol. The summed E-state index contributed by atoms with van der Waals surface area (Å²) in [6.07, 6.45) is 1.17. The van der Waals surface area contributed by atoms with E-state index in [1.165, 1.54) is 11.8 Å². The number of rotatable bonds is 7. The van der Waals surface area contributed by atoms with Gasteiger partial charge in [-0.1, -0.05) is 5.16 Å². The van der Waals surface area contributed by atoms with Gasteiger partial charge in [0.05, 0.1) is 17.6 Å². The number of aromatic nitrogens is 1. The molecule has 27 heavy (non-hydrogen) atoms. The van der Waals surface area contributed by atoms with Crippen LogP contribution in [0, 0.1) is 6.92 Å². The van der Waals surface area contributed by atoms with Crippen molar-refractivity contribution in [3.8, 4) is 0 Å². The van der Waals surface area contributed by atoms with E-state index >= 15 is 0 Å². The maximum atomic E-state index is 12.4. The molecular weight excluding hydrogens is 372 g/mol. The summed E-state index contributed by atoms with van der Waals surface area (Å²) in [7, 11) is 0. The molecule has 0 saturated carbocycles. The van der Waals surface area contributed by atoms with Gasteiger partial charge in [0, 0.05) is 25.2 Å². The van der Waals surface area contributed by atoms with Crippen LogP contribution in [-0.4, -0.2) is 64.7 Å². The molecule has 2 rings (SSSR count). The Hall–Kier alpha value is -2.23. The summed E-state index contributed by atoms with van der Waals surface area (Å²) < 4.78 is 9.79. The zero-order chi connectivity index (χ0) is 19.8. The smallest absolute Gasteiger partial charge is 0.407 e. The Morgan fingerprint density at radius 3 is 2.93 bits per heavy atom. The Morgan fingerprint density at radius 2 is 2.26 bits per heavy atom. The van der Waals surface area contributed by atoms with Crippen molar-refractivity contribution in [3.63, 3.8) is 0 Å². The number of alkyl carbamates (subject to hydrolysis) is 1. The lowest BCUT2D eigenvalue weighted by atomic mass is 10.1. The topological polar surface area (TPSA) is 114 Å². The van der Waals surface area contributed by atoms with Crippen LogP contribution in [0.2, 0.25) is 0 Å². The first-order valence-corrected chi connectivity index (χ1v) is 10.0. The molecule has 0 unspecified atom stereocenters. The molecule has 9 nitrogen and oxygen atoms in total. The fraction of sp³-hybridized carbons (Fsp3) is 0.647. The van der Waals surface area contributed by atoms with E-state index in [1.54, 1.807) is 31.7 Å². The Labute approximate surface area is 162 Å². The standard InChI is InChI=1S/C17H26N4O5S/c1-4-25-17(24)18-13-6-5-7-21(9-13)15(22)10-27-12(3)16(23)19-14-8-11(2)26-20-14/h8,12-13H,4-7,9-10H2,1-3H3,(H,18,24)(H,19,20,23)/t12-,13-/m1/s1. The van der Waals surface area contributed by atoms with Gasteiger partial charge in [-0.05, 0) is 33.6 Å². The van der Waals surface area contributed by atoms with Gasteiger partial charge in [-0.2, -0.15) is 0 Å². The minimum Gasteiger partial charge on any atom is -0.450 e. The van der Waals surface area contributed by atoms with Gasteiger partial charge in [0.15, 0.2) is 5.82 Å². The van der Waals surface area contributed by atoms with Gasteiger partial charge in [0.25, 0.3) is 0 Å². The summed E-state index contributed by atoms with van der Waals surface area (Å²) >= 11 is 1.26. The first-order chi connectivity index (χ1) is 12.9. The normalized spacial score (nSPS) is 17.9. The number of nitrogens with zero attached hydrogens (tertiary/aromatic N) is 2.